The van der Waals surface area contributed by atoms with E-state index in [9.17, 15) is 18.0 Å². The monoisotopic (exact) mass is 489 g/mol. The molecule has 3 rings (SSSR count). The Bertz CT molecular complexity index is 1310. The molecule has 0 radical (unpaired) electrons. The van der Waals surface area contributed by atoms with Crippen LogP contribution in [0.2, 0.25) is 5.02 Å². The first-order valence-corrected chi connectivity index (χ1v) is 11.9. The molecule has 1 amide bonds. The number of hydrogen-bond donors (Lipinski definition) is 2. The number of aromatic nitrogens is 1. The third-order valence-corrected chi connectivity index (χ3v) is 5.81. The Kier molecular flexibility index (Phi) is 6.97. The molecule has 0 saturated carbocycles. The lowest BCUT2D eigenvalue weighted by Crippen LogP contribution is -2.26. The predicted molar refractivity (Wildman–Crippen MR) is 127 cm³/mol. The Morgan fingerprint density at radius 3 is 2.45 bits per heavy atom. The van der Waals surface area contributed by atoms with Crippen LogP contribution < -0.4 is 10.5 Å². The van der Waals surface area contributed by atoms with Crippen molar-refractivity contribution in [3.05, 3.63) is 71.5 Å². The van der Waals surface area contributed by atoms with Gasteiger partial charge in [-0.25, -0.2) is 18.4 Å². The van der Waals surface area contributed by atoms with Gasteiger partial charge in [-0.05, 0) is 50.6 Å². The van der Waals surface area contributed by atoms with Gasteiger partial charge in [0.2, 0.25) is 15.9 Å². The van der Waals surface area contributed by atoms with Gasteiger partial charge in [0.05, 0.1) is 11.3 Å². The highest BCUT2D eigenvalue weighted by atomic mass is 35.5. The predicted octanol–water partition coefficient (Wildman–Crippen LogP) is 4.42. The summed E-state index contributed by atoms with van der Waals surface area (Å²) in [5.74, 6) is -0.368. The van der Waals surface area contributed by atoms with Gasteiger partial charge in [-0.15, -0.1) is 0 Å². The first-order chi connectivity index (χ1) is 15.3. The highest BCUT2D eigenvalue weighted by Gasteiger charge is 2.21. The SMILES string of the molecule is CC(C)(C)OC(=O)n1ccc(-c2ccc(NC(=O)Cc3ccccc3Cl)cc2S(N)(=O)=O)c1. The molecule has 174 valence electrons. The van der Waals surface area contributed by atoms with Crippen LogP contribution in [0.1, 0.15) is 26.3 Å². The van der Waals surface area contributed by atoms with Crippen molar-refractivity contribution in [1.82, 2.24) is 4.57 Å². The zero-order valence-electron chi connectivity index (χ0n) is 18.3. The molecule has 0 aliphatic heterocycles. The molecule has 0 aliphatic rings. The van der Waals surface area contributed by atoms with Gasteiger partial charge in [0, 0.05) is 34.2 Å². The van der Waals surface area contributed by atoms with Gasteiger partial charge >= 0.3 is 6.09 Å². The van der Waals surface area contributed by atoms with E-state index in [1.54, 1.807) is 57.2 Å². The Morgan fingerprint density at radius 1 is 1.12 bits per heavy atom. The van der Waals surface area contributed by atoms with Crippen LogP contribution in [-0.2, 0) is 26.0 Å². The Morgan fingerprint density at radius 2 is 1.82 bits per heavy atom. The van der Waals surface area contributed by atoms with E-state index in [-0.39, 0.29) is 28.5 Å². The smallest absolute Gasteiger partial charge is 0.418 e. The minimum Gasteiger partial charge on any atom is -0.443 e. The number of nitrogens with two attached hydrogens (primary N) is 1. The molecular formula is C23H24ClN3O5S. The number of primary sulfonamides is 1. The second-order valence-corrected chi connectivity index (χ2v) is 10.3. The standard InChI is InChI=1S/C23H24ClN3O5S/c1-23(2,3)32-22(29)27-11-10-16(14-27)18-9-8-17(13-20(18)33(25,30)31)26-21(28)12-15-6-4-5-7-19(15)24/h4-11,13-14H,12H2,1-3H3,(H,26,28)(H2,25,30,31). The number of sulfonamides is 1. The van der Waals surface area contributed by atoms with E-state index in [0.29, 0.717) is 16.1 Å². The van der Waals surface area contributed by atoms with Crippen LogP contribution in [0.4, 0.5) is 10.5 Å². The number of ether oxygens (including phenoxy) is 1. The van der Waals surface area contributed by atoms with Crippen LogP contribution in [0.5, 0.6) is 0 Å². The van der Waals surface area contributed by atoms with Crippen molar-refractivity contribution < 1.29 is 22.7 Å². The number of halogens is 1. The van der Waals surface area contributed by atoms with Crippen LogP contribution in [0, 0.1) is 0 Å². The summed E-state index contributed by atoms with van der Waals surface area (Å²) < 4.78 is 31.1. The van der Waals surface area contributed by atoms with Crippen molar-refractivity contribution in [2.24, 2.45) is 5.14 Å². The van der Waals surface area contributed by atoms with Crippen molar-refractivity contribution in [1.29, 1.82) is 0 Å². The Labute approximate surface area is 197 Å². The average Bonchev–Trinajstić information content (AvgIpc) is 3.18. The molecular weight excluding hydrogens is 466 g/mol. The molecule has 2 aromatic carbocycles. The number of benzene rings is 2. The Balaban J connectivity index is 1.87. The van der Waals surface area contributed by atoms with Crippen LogP contribution >= 0.6 is 11.6 Å². The fourth-order valence-corrected chi connectivity index (χ4v) is 4.06. The van der Waals surface area contributed by atoms with Crippen LogP contribution in [0.25, 0.3) is 11.1 Å². The summed E-state index contributed by atoms with van der Waals surface area (Å²) in [6.07, 6.45) is 2.34. The van der Waals surface area contributed by atoms with Crippen LogP contribution in [-0.4, -0.2) is 30.6 Å². The van der Waals surface area contributed by atoms with Crippen molar-refractivity contribution in [3.8, 4) is 11.1 Å². The minimum absolute atomic E-state index is 0.0187. The summed E-state index contributed by atoms with van der Waals surface area (Å²) in [5.41, 5.74) is 0.939. The first kappa shape index (κ1) is 24.5. The molecule has 0 saturated heterocycles. The maximum Gasteiger partial charge on any atom is 0.418 e. The Hall–Kier alpha value is -3.14. The van der Waals surface area contributed by atoms with Gasteiger partial charge in [-0.2, -0.15) is 0 Å². The summed E-state index contributed by atoms with van der Waals surface area (Å²) in [7, 11) is -4.14. The van der Waals surface area contributed by atoms with E-state index in [1.807, 2.05) is 0 Å². The topological polar surface area (TPSA) is 120 Å². The first-order valence-electron chi connectivity index (χ1n) is 9.95. The van der Waals surface area contributed by atoms with Crippen molar-refractivity contribution in [3.63, 3.8) is 0 Å². The number of carbonyl (C=O) groups is 2. The normalized spacial score (nSPS) is 11.8. The number of anilines is 1. The maximum absolute atomic E-state index is 12.4. The highest BCUT2D eigenvalue weighted by molar-refractivity contribution is 7.89. The molecule has 10 heteroatoms. The zero-order chi connectivity index (χ0) is 24.4. The second kappa shape index (κ2) is 9.38. The summed E-state index contributed by atoms with van der Waals surface area (Å²) >= 11 is 6.09. The van der Waals surface area contributed by atoms with Gasteiger partial charge in [-0.3, -0.25) is 9.36 Å². The molecule has 3 aromatic rings. The molecule has 0 atom stereocenters. The number of nitrogens with one attached hydrogen (secondary N) is 1. The summed E-state index contributed by atoms with van der Waals surface area (Å²) in [4.78, 5) is 24.5. The number of nitrogens with zero attached hydrogens (tertiary/aromatic N) is 1. The minimum atomic E-state index is -4.14. The summed E-state index contributed by atoms with van der Waals surface area (Å²) in [6.45, 7) is 5.23. The van der Waals surface area contributed by atoms with E-state index in [2.05, 4.69) is 5.32 Å². The van der Waals surface area contributed by atoms with Crippen LogP contribution in [0.15, 0.2) is 65.8 Å². The van der Waals surface area contributed by atoms with Gasteiger partial charge in [0.1, 0.15) is 5.60 Å². The number of amides is 1. The molecule has 1 aromatic heterocycles. The number of rotatable bonds is 5. The molecule has 0 spiro atoms. The van der Waals surface area contributed by atoms with Gasteiger partial charge in [0.25, 0.3) is 0 Å². The number of carbonyl (C=O) groups excluding carboxylic acids is 2. The second-order valence-electron chi connectivity index (χ2n) is 8.36. The molecule has 0 unspecified atom stereocenters. The fourth-order valence-electron chi connectivity index (χ4n) is 3.08. The molecule has 0 aliphatic carbocycles. The van der Waals surface area contributed by atoms with Gasteiger partial charge < -0.3 is 10.1 Å². The molecule has 33 heavy (non-hydrogen) atoms. The van der Waals surface area contributed by atoms with E-state index in [0.717, 1.165) is 0 Å². The molecule has 8 nitrogen and oxygen atoms in total. The lowest BCUT2D eigenvalue weighted by atomic mass is 10.1. The molecule has 0 fully saturated rings. The molecule has 1 heterocycles. The third-order valence-electron chi connectivity index (χ3n) is 4.49. The van der Waals surface area contributed by atoms with E-state index in [4.69, 9.17) is 21.5 Å². The van der Waals surface area contributed by atoms with Crippen LogP contribution in [0.3, 0.4) is 0 Å². The van der Waals surface area contributed by atoms with Crippen molar-refractivity contribution in [2.45, 2.75) is 37.7 Å². The summed E-state index contributed by atoms with van der Waals surface area (Å²) in [6, 6.07) is 12.9. The van der Waals surface area contributed by atoms with Crippen molar-refractivity contribution >= 4 is 39.3 Å². The lowest BCUT2D eigenvalue weighted by molar-refractivity contribution is -0.115. The van der Waals surface area contributed by atoms with Gasteiger partial charge in [-0.1, -0.05) is 35.9 Å². The van der Waals surface area contributed by atoms with E-state index >= 15 is 0 Å². The fraction of sp³-hybridized carbons (Fsp3) is 0.217. The summed E-state index contributed by atoms with van der Waals surface area (Å²) in [5, 5.41) is 8.55. The molecule has 0 bridgehead atoms. The zero-order valence-corrected chi connectivity index (χ0v) is 19.9. The van der Waals surface area contributed by atoms with E-state index < -0.39 is 21.7 Å². The quantitative estimate of drug-likeness (QED) is 0.549. The number of hydrogen-bond acceptors (Lipinski definition) is 5. The van der Waals surface area contributed by atoms with Crippen molar-refractivity contribution in [2.75, 3.05) is 5.32 Å². The average molecular weight is 490 g/mol. The maximum atomic E-state index is 12.4. The van der Waals surface area contributed by atoms with Gasteiger partial charge in [0.15, 0.2) is 0 Å². The lowest BCUT2D eigenvalue weighted by Gasteiger charge is -2.19. The largest absolute Gasteiger partial charge is 0.443 e. The van der Waals surface area contributed by atoms with E-state index in [1.165, 1.54) is 29.1 Å². The molecule has 3 N–H and O–H groups in total. The highest BCUT2D eigenvalue weighted by Crippen LogP contribution is 2.30. The third kappa shape index (κ3) is 6.44.